The molecule has 1 fully saturated rings. The molecular formula is C25H22ClN3O3. The first-order valence-corrected chi connectivity index (χ1v) is 10.6. The molecule has 6 nitrogen and oxygen atoms in total. The van der Waals surface area contributed by atoms with Crippen molar-refractivity contribution in [1.82, 2.24) is 5.43 Å². The lowest BCUT2D eigenvalue weighted by Crippen LogP contribution is -2.30. The molecule has 0 saturated carbocycles. The molecule has 3 aromatic carbocycles. The lowest BCUT2D eigenvalue weighted by Gasteiger charge is -2.16. The van der Waals surface area contributed by atoms with E-state index in [1.54, 1.807) is 35.4 Å². The van der Waals surface area contributed by atoms with Crippen LogP contribution < -0.4 is 15.1 Å². The normalized spacial score (nSPS) is 15.8. The molecule has 0 spiro atoms. The summed E-state index contributed by atoms with van der Waals surface area (Å²) in [7, 11) is 0. The number of carbonyl (C=O) groups is 2. The Bertz CT molecular complexity index is 1120. The van der Waals surface area contributed by atoms with Crippen LogP contribution in [-0.2, 0) is 16.2 Å². The zero-order valence-electron chi connectivity index (χ0n) is 17.3. The highest BCUT2D eigenvalue weighted by Gasteiger charge is 2.35. The second-order valence-electron chi connectivity index (χ2n) is 7.46. The maximum Gasteiger partial charge on any atom is 0.245 e. The maximum absolute atomic E-state index is 12.5. The van der Waals surface area contributed by atoms with Crippen LogP contribution in [0.1, 0.15) is 17.5 Å². The lowest BCUT2D eigenvalue weighted by atomic mass is 10.1. The van der Waals surface area contributed by atoms with Gasteiger partial charge in [-0.25, -0.2) is 5.43 Å². The van der Waals surface area contributed by atoms with Crippen LogP contribution in [0.25, 0.3) is 0 Å². The van der Waals surface area contributed by atoms with Crippen molar-refractivity contribution in [2.45, 2.75) is 13.0 Å². The van der Waals surface area contributed by atoms with Gasteiger partial charge in [-0.2, -0.15) is 5.10 Å². The number of amides is 2. The van der Waals surface area contributed by atoms with E-state index in [-0.39, 0.29) is 18.2 Å². The molecule has 7 heteroatoms. The third kappa shape index (κ3) is 5.53. The lowest BCUT2D eigenvalue weighted by molar-refractivity contribution is -0.126. The minimum Gasteiger partial charge on any atom is -0.489 e. The summed E-state index contributed by atoms with van der Waals surface area (Å²) in [5.74, 6) is -0.137. The van der Waals surface area contributed by atoms with Gasteiger partial charge in [0.05, 0.1) is 12.1 Å². The molecule has 1 aliphatic rings. The summed E-state index contributed by atoms with van der Waals surface area (Å²) in [6.07, 6.45) is 1.70. The van der Waals surface area contributed by atoms with Crippen LogP contribution in [0.4, 0.5) is 5.69 Å². The highest BCUT2D eigenvalue weighted by Crippen LogP contribution is 2.26. The molecule has 0 radical (unpaired) electrons. The average molecular weight is 448 g/mol. The van der Waals surface area contributed by atoms with Crippen molar-refractivity contribution in [1.29, 1.82) is 0 Å². The number of hydrazone groups is 1. The molecule has 32 heavy (non-hydrogen) atoms. The van der Waals surface area contributed by atoms with Gasteiger partial charge in [0.1, 0.15) is 12.4 Å². The summed E-state index contributed by atoms with van der Waals surface area (Å²) >= 11 is 5.91. The fraction of sp³-hybridized carbons (Fsp3) is 0.160. The highest BCUT2D eigenvalue weighted by atomic mass is 35.5. The van der Waals surface area contributed by atoms with Gasteiger partial charge in [-0.3, -0.25) is 9.59 Å². The number of anilines is 1. The molecule has 1 N–H and O–H groups in total. The van der Waals surface area contributed by atoms with Crippen LogP contribution in [-0.4, -0.2) is 24.6 Å². The predicted molar refractivity (Wildman–Crippen MR) is 125 cm³/mol. The number of ether oxygens (including phenoxy) is 1. The molecule has 0 unspecified atom stereocenters. The minimum absolute atomic E-state index is 0.0975. The van der Waals surface area contributed by atoms with Gasteiger partial charge in [0.15, 0.2) is 0 Å². The monoisotopic (exact) mass is 447 g/mol. The van der Waals surface area contributed by atoms with Crippen LogP contribution >= 0.6 is 11.6 Å². The van der Waals surface area contributed by atoms with Crippen molar-refractivity contribution in [3.63, 3.8) is 0 Å². The molecule has 3 aromatic rings. The van der Waals surface area contributed by atoms with Crippen molar-refractivity contribution in [2.24, 2.45) is 11.0 Å². The van der Waals surface area contributed by atoms with E-state index in [0.717, 1.165) is 16.8 Å². The molecule has 1 aliphatic heterocycles. The van der Waals surface area contributed by atoms with Crippen LogP contribution in [0.5, 0.6) is 5.75 Å². The van der Waals surface area contributed by atoms with E-state index in [1.807, 2.05) is 54.6 Å². The number of carbonyl (C=O) groups excluding carboxylic acids is 2. The minimum atomic E-state index is -0.462. The van der Waals surface area contributed by atoms with Gasteiger partial charge in [-0.1, -0.05) is 54.1 Å². The standard InChI is InChI=1S/C25H22ClN3O3/c26-21-9-11-22(12-10-21)29-16-20(14-24(29)30)25(31)28-27-15-19-7-4-8-23(13-19)32-17-18-5-2-1-3-6-18/h1-13,15,20H,14,16-17H2,(H,28,31)/b27-15-/t20-/m0/s1. The highest BCUT2D eigenvalue weighted by molar-refractivity contribution is 6.30. The van der Waals surface area contributed by atoms with E-state index in [0.29, 0.717) is 23.9 Å². The van der Waals surface area contributed by atoms with Crippen molar-refractivity contribution in [2.75, 3.05) is 11.4 Å². The molecule has 0 aliphatic carbocycles. The summed E-state index contributed by atoms with van der Waals surface area (Å²) in [5.41, 5.74) is 5.14. The Balaban J connectivity index is 1.30. The zero-order valence-corrected chi connectivity index (χ0v) is 18.0. The number of benzene rings is 3. The van der Waals surface area contributed by atoms with Crippen LogP contribution in [0.2, 0.25) is 5.02 Å². The molecule has 0 bridgehead atoms. The number of nitrogens with one attached hydrogen (secondary N) is 1. The quantitative estimate of drug-likeness (QED) is 0.430. The van der Waals surface area contributed by atoms with Gasteiger partial charge in [0, 0.05) is 23.7 Å². The Morgan fingerprint density at radius 3 is 2.66 bits per heavy atom. The summed E-state index contributed by atoms with van der Waals surface area (Å²) < 4.78 is 5.81. The van der Waals surface area contributed by atoms with Crippen LogP contribution in [0, 0.1) is 5.92 Å². The van der Waals surface area contributed by atoms with E-state index >= 15 is 0 Å². The summed E-state index contributed by atoms with van der Waals surface area (Å²) in [6, 6.07) is 24.3. The van der Waals surface area contributed by atoms with Crippen molar-refractivity contribution in [3.05, 3.63) is 95.0 Å². The second kappa shape index (κ2) is 10.1. The van der Waals surface area contributed by atoms with E-state index < -0.39 is 5.92 Å². The van der Waals surface area contributed by atoms with Gasteiger partial charge in [0.2, 0.25) is 11.8 Å². The second-order valence-corrected chi connectivity index (χ2v) is 7.90. The fourth-order valence-electron chi connectivity index (χ4n) is 3.44. The Hall–Kier alpha value is -3.64. The van der Waals surface area contributed by atoms with Gasteiger partial charge < -0.3 is 9.64 Å². The molecule has 1 heterocycles. The third-order valence-electron chi connectivity index (χ3n) is 5.13. The molecular weight excluding hydrogens is 426 g/mol. The summed E-state index contributed by atoms with van der Waals surface area (Å²) in [4.78, 5) is 26.4. The van der Waals surface area contributed by atoms with E-state index in [9.17, 15) is 9.59 Å². The zero-order chi connectivity index (χ0) is 22.3. The SMILES string of the molecule is O=C(N/N=C\c1cccc(OCc2ccccc2)c1)[C@H]1CC(=O)N(c2ccc(Cl)cc2)C1. The van der Waals surface area contributed by atoms with Gasteiger partial charge in [-0.15, -0.1) is 0 Å². The largest absolute Gasteiger partial charge is 0.489 e. The Morgan fingerprint density at radius 1 is 1.09 bits per heavy atom. The number of halogens is 1. The first-order chi connectivity index (χ1) is 15.6. The molecule has 0 aromatic heterocycles. The van der Waals surface area contributed by atoms with Crippen LogP contribution in [0.3, 0.4) is 0 Å². The van der Waals surface area contributed by atoms with Gasteiger partial charge in [0.25, 0.3) is 0 Å². The molecule has 1 saturated heterocycles. The number of rotatable bonds is 7. The Morgan fingerprint density at radius 2 is 1.88 bits per heavy atom. The topological polar surface area (TPSA) is 71.0 Å². The smallest absolute Gasteiger partial charge is 0.245 e. The van der Waals surface area contributed by atoms with Gasteiger partial charge >= 0.3 is 0 Å². The number of hydrogen-bond donors (Lipinski definition) is 1. The first-order valence-electron chi connectivity index (χ1n) is 10.2. The van der Waals surface area contributed by atoms with Crippen molar-refractivity contribution in [3.8, 4) is 5.75 Å². The Labute approximate surface area is 191 Å². The molecule has 1 atom stereocenters. The van der Waals surface area contributed by atoms with Crippen molar-refractivity contribution < 1.29 is 14.3 Å². The molecule has 162 valence electrons. The number of hydrogen-bond acceptors (Lipinski definition) is 4. The fourth-order valence-corrected chi connectivity index (χ4v) is 3.57. The predicted octanol–water partition coefficient (Wildman–Crippen LogP) is 4.42. The Kier molecular flexibility index (Phi) is 6.82. The average Bonchev–Trinajstić information content (AvgIpc) is 3.21. The maximum atomic E-state index is 12.5. The van der Waals surface area contributed by atoms with Crippen molar-refractivity contribution >= 4 is 35.3 Å². The molecule has 4 rings (SSSR count). The summed E-state index contributed by atoms with van der Waals surface area (Å²) in [6.45, 7) is 0.780. The van der Waals surface area contributed by atoms with E-state index in [2.05, 4.69) is 10.5 Å². The van der Waals surface area contributed by atoms with E-state index in [4.69, 9.17) is 16.3 Å². The number of nitrogens with zero attached hydrogens (tertiary/aromatic N) is 2. The summed E-state index contributed by atoms with van der Waals surface area (Å²) in [5, 5.41) is 4.65. The molecule has 2 amide bonds. The van der Waals surface area contributed by atoms with E-state index in [1.165, 1.54) is 0 Å². The third-order valence-corrected chi connectivity index (χ3v) is 5.38. The first kappa shape index (κ1) is 21.6. The van der Waals surface area contributed by atoms with Crippen LogP contribution in [0.15, 0.2) is 84.0 Å². The van der Waals surface area contributed by atoms with Gasteiger partial charge in [-0.05, 0) is 47.5 Å².